The Morgan fingerprint density at radius 3 is 2.40 bits per heavy atom. The SMILES string of the molecule is CC(C)(C)OC(=O)CC=CC(N)C(=O)O. The zero-order valence-electron chi connectivity index (χ0n) is 9.19. The molecule has 0 aromatic heterocycles. The van der Waals surface area contributed by atoms with Crippen molar-refractivity contribution in [3.63, 3.8) is 0 Å². The zero-order valence-corrected chi connectivity index (χ0v) is 9.19. The number of hydrogen-bond acceptors (Lipinski definition) is 4. The highest BCUT2D eigenvalue weighted by molar-refractivity contribution is 5.76. The average Bonchev–Trinajstić information content (AvgIpc) is 2.00. The normalized spacial score (nSPS) is 13.9. The van der Waals surface area contributed by atoms with Crippen molar-refractivity contribution in [3.8, 4) is 0 Å². The van der Waals surface area contributed by atoms with Crippen LogP contribution in [0, 0.1) is 0 Å². The lowest BCUT2D eigenvalue weighted by molar-refractivity contribution is -0.153. The second-order valence-corrected chi connectivity index (χ2v) is 4.08. The summed E-state index contributed by atoms with van der Waals surface area (Å²) in [4.78, 5) is 21.5. The Hall–Kier alpha value is -1.36. The van der Waals surface area contributed by atoms with Crippen molar-refractivity contribution in [2.75, 3.05) is 0 Å². The Morgan fingerprint density at radius 1 is 1.47 bits per heavy atom. The molecular weight excluding hydrogens is 198 g/mol. The first-order valence-corrected chi connectivity index (χ1v) is 4.59. The summed E-state index contributed by atoms with van der Waals surface area (Å²) in [6.45, 7) is 5.28. The molecule has 0 saturated carbocycles. The molecule has 0 amide bonds. The van der Waals surface area contributed by atoms with Crippen molar-refractivity contribution in [1.82, 2.24) is 0 Å². The van der Waals surface area contributed by atoms with Gasteiger partial charge in [-0.2, -0.15) is 0 Å². The van der Waals surface area contributed by atoms with Gasteiger partial charge in [-0.3, -0.25) is 9.59 Å². The van der Waals surface area contributed by atoms with Crippen LogP contribution in [0.15, 0.2) is 12.2 Å². The third-order valence-corrected chi connectivity index (χ3v) is 1.33. The summed E-state index contributed by atoms with van der Waals surface area (Å²) >= 11 is 0. The molecule has 0 aliphatic heterocycles. The van der Waals surface area contributed by atoms with Gasteiger partial charge in [0.25, 0.3) is 0 Å². The third-order valence-electron chi connectivity index (χ3n) is 1.33. The van der Waals surface area contributed by atoms with Gasteiger partial charge in [-0.1, -0.05) is 12.2 Å². The summed E-state index contributed by atoms with van der Waals surface area (Å²) < 4.78 is 5.00. The number of carbonyl (C=O) groups excluding carboxylic acids is 1. The molecule has 0 heterocycles. The van der Waals surface area contributed by atoms with Crippen molar-refractivity contribution in [2.45, 2.75) is 38.8 Å². The summed E-state index contributed by atoms with van der Waals surface area (Å²) in [5.74, 6) is -1.54. The summed E-state index contributed by atoms with van der Waals surface area (Å²) in [5.41, 5.74) is 4.66. The van der Waals surface area contributed by atoms with Crippen LogP contribution in [0.25, 0.3) is 0 Å². The molecule has 5 nitrogen and oxygen atoms in total. The van der Waals surface area contributed by atoms with E-state index in [0.29, 0.717) is 0 Å². The second kappa shape index (κ2) is 5.50. The number of nitrogens with two attached hydrogens (primary N) is 1. The highest BCUT2D eigenvalue weighted by Crippen LogP contribution is 2.08. The minimum atomic E-state index is -1.13. The predicted octanol–water partition coefficient (Wildman–Crippen LogP) is 0.686. The van der Waals surface area contributed by atoms with Gasteiger partial charge in [0.1, 0.15) is 11.6 Å². The van der Waals surface area contributed by atoms with Gasteiger partial charge < -0.3 is 15.6 Å². The largest absolute Gasteiger partial charge is 0.480 e. The van der Waals surface area contributed by atoms with Crippen molar-refractivity contribution in [2.24, 2.45) is 5.73 Å². The number of rotatable bonds is 4. The Balaban J connectivity index is 3.96. The molecule has 0 saturated heterocycles. The molecule has 0 bridgehead atoms. The van der Waals surface area contributed by atoms with E-state index in [9.17, 15) is 9.59 Å². The van der Waals surface area contributed by atoms with Crippen molar-refractivity contribution in [3.05, 3.63) is 12.2 Å². The molecule has 15 heavy (non-hydrogen) atoms. The smallest absolute Gasteiger partial charge is 0.324 e. The van der Waals surface area contributed by atoms with E-state index in [0.717, 1.165) is 0 Å². The van der Waals surface area contributed by atoms with Gasteiger partial charge in [0.05, 0.1) is 6.42 Å². The molecule has 0 aromatic rings. The number of carboxylic acid groups (broad SMARTS) is 1. The van der Waals surface area contributed by atoms with Crippen LogP contribution in [-0.2, 0) is 14.3 Å². The van der Waals surface area contributed by atoms with E-state index in [4.69, 9.17) is 15.6 Å². The van der Waals surface area contributed by atoms with Crippen LogP contribution >= 0.6 is 0 Å². The van der Waals surface area contributed by atoms with Gasteiger partial charge in [0.15, 0.2) is 0 Å². The van der Waals surface area contributed by atoms with Crippen molar-refractivity contribution < 1.29 is 19.4 Å². The standard InChI is InChI=1S/C10H17NO4/c1-10(2,3)15-8(12)6-4-5-7(11)9(13)14/h4-5,7H,6,11H2,1-3H3,(H,13,14). The lowest BCUT2D eigenvalue weighted by atomic mass is 10.2. The second-order valence-electron chi connectivity index (χ2n) is 4.08. The summed E-state index contributed by atoms with van der Waals surface area (Å²) in [6, 6.07) is -1.08. The third kappa shape index (κ3) is 7.69. The number of carbonyl (C=O) groups is 2. The van der Waals surface area contributed by atoms with E-state index in [2.05, 4.69) is 0 Å². The van der Waals surface area contributed by atoms with E-state index in [1.807, 2.05) is 0 Å². The van der Waals surface area contributed by atoms with Gasteiger partial charge in [-0.25, -0.2) is 0 Å². The molecule has 0 aromatic carbocycles. The van der Waals surface area contributed by atoms with Crippen LogP contribution < -0.4 is 5.73 Å². The fourth-order valence-corrected chi connectivity index (χ4v) is 0.776. The molecule has 0 radical (unpaired) electrons. The number of ether oxygens (including phenoxy) is 1. The molecule has 5 heteroatoms. The molecule has 0 aliphatic rings. The minimum absolute atomic E-state index is 0.0260. The first kappa shape index (κ1) is 13.6. The van der Waals surface area contributed by atoms with E-state index < -0.39 is 23.6 Å². The molecule has 3 N–H and O–H groups in total. The zero-order chi connectivity index (χ0) is 12.1. The van der Waals surface area contributed by atoms with Crippen LogP contribution in [0.5, 0.6) is 0 Å². The highest BCUT2D eigenvalue weighted by Gasteiger charge is 2.15. The Morgan fingerprint density at radius 2 is 2.00 bits per heavy atom. The fraction of sp³-hybridized carbons (Fsp3) is 0.600. The lowest BCUT2D eigenvalue weighted by Gasteiger charge is -2.18. The maximum atomic E-state index is 11.1. The molecule has 0 aliphatic carbocycles. The number of carboxylic acids is 1. The molecule has 1 atom stereocenters. The fourth-order valence-electron chi connectivity index (χ4n) is 0.776. The Labute approximate surface area is 88.9 Å². The summed E-state index contributed by atoms with van der Waals surface area (Å²) in [5, 5.41) is 8.44. The van der Waals surface area contributed by atoms with E-state index >= 15 is 0 Å². The monoisotopic (exact) mass is 215 g/mol. The van der Waals surface area contributed by atoms with Crippen molar-refractivity contribution in [1.29, 1.82) is 0 Å². The van der Waals surface area contributed by atoms with Gasteiger partial charge in [0, 0.05) is 0 Å². The van der Waals surface area contributed by atoms with E-state index in [1.165, 1.54) is 12.2 Å². The van der Waals surface area contributed by atoms with E-state index in [-0.39, 0.29) is 6.42 Å². The van der Waals surface area contributed by atoms with E-state index in [1.54, 1.807) is 20.8 Å². The minimum Gasteiger partial charge on any atom is -0.480 e. The molecule has 1 unspecified atom stereocenters. The number of aliphatic carboxylic acids is 1. The Bertz CT molecular complexity index is 265. The van der Waals surface area contributed by atoms with Gasteiger partial charge in [-0.05, 0) is 20.8 Å². The average molecular weight is 215 g/mol. The van der Waals surface area contributed by atoms with Crippen LogP contribution in [0.2, 0.25) is 0 Å². The van der Waals surface area contributed by atoms with Crippen LogP contribution in [0.3, 0.4) is 0 Å². The topological polar surface area (TPSA) is 89.6 Å². The summed E-state index contributed by atoms with van der Waals surface area (Å²) in [6.07, 6.45) is 2.68. The maximum Gasteiger partial charge on any atom is 0.324 e. The molecule has 0 fully saturated rings. The highest BCUT2D eigenvalue weighted by atomic mass is 16.6. The van der Waals surface area contributed by atoms with Gasteiger partial charge in [-0.15, -0.1) is 0 Å². The van der Waals surface area contributed by atoms with Crippen LogP contribution in [-0.4, -0.2) is 28.7 Å². The van der Waals surface area contributed by atoms with Crippen LogP contribution in [0.4, 0.5) is 0 Å². The van der Waals surface area contributed by atoms with Gasteiger partial charge >= 0.3 is 11.9 Å². The first-order valence-electron chi connectivity index (χ1n) is 4.59. The molecular formula is C10H17NO4. The number of hydrogen-bond donors (Lipinski definition) is 2. The Kier molecular flexibility index (Phi) is 5.00. The van der Waals surface area contributed by atoms with Crippen molar-refractivity contribution >= 4 is 11.9 Å². The maximum absolute atomic E-state index is 11.1. The quantitative estimate of drug-likeness (QED) is 0.532. The van der Waals surface area contributed by atoms with Gasteiger partial charge in [0.2, 0.25) is 0 Å². The summed E-state index contributed by atoms with van der Waals surface area (Å²) in [7, 11) is 0. The number of esters is 1. The first-order chi connectivity index (χ1) is 6.72. The molecule has 86 valence electrons. The lowest BCUT2D eigenvalue weighted by Crippen LogP contribution is -2.27. The molecule has 0 spiro atoms. The predicted molar refractivity (Wildman–Crippen MR) is 55.2 cm³/mol. The molecule has 0 rings (SSSR count). The van der Waals surface area contributed by atoms with Crippen LogP contribution in [0.1, 0.15) is 27.2 Å².